The average molecular weight is 560 g/mol. The van der Waals surface area contributed by atoms with E-state index >= 15 is 0 Å². The quantitative estimate of drug-likeness (QED) is 0.264. The molecular formula is C21H31ClIN7O. The lowest BCUT2D eigenvalue weighted by atomic mass is 10.2. The summed E-state index contributed by atoms with van der Waals surface area (Å²) in [6, 6.07) is 7.99. The summed E-state index contributed by atoms with van der Waals surface area (Å²) >= 11 is 6.34. The third kappa shape index (κ3) is 5.54. The van der Waals surface area contributed by atoms with Crippen molar-refractivity contribution in [3.63, 3.8) is 0 Å². The zero-order valence-corrected chi connectivity index (χ0v) is 21.1. The largest absolute Gasteiger partial charge is 0.367 e. The van der Waals surface area contributed by atoms with Crippen LogP contribution < -0.4 is 15.9 Å². The molecular weight excluding hydrogens is 529 g/mol. The molecule has 0 spiro atoms. The molecule has 0 saturated carbocycles. The minimum atomic E-state index is 0. The summed E-state index contributed by atoms with van der Waals surface area (Å²) in [7, 11) is 1.82. The van der Waals surface area contributed by atoms with Crippen LogP contribution in [0.3, 0.4) is 0 Å². The summed E-state index contributed by atoms with van der Waals surface area (Å²) < 4.78 is 3.45. The van der Waals surface area contributed by atoms with Crippen LogP contribution in [-0.2, 0) is 19.5 Å². The first-order valence-electron chi connectivity index (χ1n) is 10.8. The molecule has 31 heavy (non-hydrogen) atoms. The number of aryl methyl sites for hydroxylation is 2. The van der Waals surface area contributed by atoms with Gasteiger partial charge in [0.1, 0.15) is 5.82 Å². The van der Waals surface area contributed by atoms with Crippen molar-refractivity contribution in [1.82, 2.24) is 24.6 Å². The highest BCUT2D eigenvalue weighted by Gasteiger charge is 2.21. The Kier molecular flexibility index (Phi) is 8.65. The number of nitrogens with one attached hydrogen (secondary N) is 1. The normalized spacial score (nSPS) is 16.6. The number of anilines is 1. The van der Waals surface area contributed by atoms with Gasteiger partial charge in [-0.15, -0.1) is 24.0 Å². The van der Waals surface area contributed by atoms with Gasteiger partial charge >= 0.3 is 5.69 Å². The Hall–Kier alpha value is -1.75. The first-order chi connectivity index (χ1) is 14.7. The Balaban J connectivity index is 0.00000272. The maximum absolute atomic E-state index is 12.4. The lowest BCUT2D eigenvalue weighted by Crippen LogP contribution is -2.52. The molecule has 8 nitrogen and oxygen atoms in total. The number of rotatable bonds is 5. The number of hydrogen-bond acceptors (Lipinski definition) is 4. The van der Waals surface area contributed by atoms with Crippen molar-refractivity contribution in [2.24, 2.45) is 4.99 Å². The monoisotopic (exact) mass is 559 g/mol. The minimum absolute atomic E-state index is 0. The predicted molar refractivity (Wildman–Crippen MR) is 136 cm³/mol. The first kappa shape index (κ1) is 23.9. The van der Waals surface area contributed by atoms with E-state index in [1.54, 1.807) is 4.68 Å². The molecule has 1 aromatic carbocycles. The van der Waals surface area contributed by atoms with E-state index in [-0.39, 0.29) is 29.7 Å². The molecule has 3 heterocycles. The van der Waals surface area contributed by atoms with Crippen molar-refractivity contribution in [1.29, 1.82) is 0 Å². The van der Waals surface area contributed by atoms with Gasteiger partial charge in [0.05, 0.1) is 10.7 Å². The number of piperazine rings is 1. The van der Waals surface area contributed by atoms with E-state index in [1.165, 1.54) is 0 Å². The van der Waals surface area contributed by atoms with Crippen LogP contribution >= 0.6 is 35.6 Å². The number of aliphatic imine (C=N–C) groups is 1. The van der Waals surface area contributed by atoms with Crippen LogP contribution in [0.5, 0.6) is 0 Å². The van der Waals surface area contributed by atoms with Crippen molar-refractivity contribution < 1.29 is 0 Å². The van der Waals surface area contributed by atoms with E-state index in [4.69, 9.17) is 11.6 Å². The second-order valence-electron chi connectivity index (χ2n) is 7.78. The summed E-state index contributed by atoms with van der Waals surface area (Å²) in [6.45, 7) is 5.77. The maximum atomic E-state index is 12.4. The van der Waals surface area contributed by atoms with Crippen LogP contribution in [0.15, 0.2) is 34.1 Å². The van der Waals surface area contributed by atoms with E-state index in [1.807, 2.05) is 29.8 Å². The summed E-state index contributed by atoms with van der Waals surface area (Å²) in [5, 5.41) is 8.74. The second kappa shape index (κ2) is 11.2. The molecule has 170 valence electrons. The van der Waals surface area contributed by atoms with E-state index in [0.717, 1.165) is 87.4 Å². The Morgan fingerprint density at radius 3 is 2.65 bits per heavy atom. The zero-order chi connectivity index (χ0) is 20.9. The highest BCUT2D eigenvalue weighted by Crippen LogP contribution is 2.26. The van der Waals surface area contributed by atoms with E-state index in [2.05, 4.69) is 31.3 Å². The van der Waals surface area contributed by atoms with Gasteiger partial charge in [0.2, 0.25) is 0 Å². The predicted octanol–water partition coefficient (Wildman–Crippen LogP) is 2.44. The molecule has 1 N–H and O–H groups in total. The number of aromatic nitrogens is 3. The Bertz CT molecular complexity index is 949. The molecule has 10 heteroatoms. The van der Waals surface area contributed by atoms with Crippen LogP contribution in [-0.4, -0.2) is 65.0 Å². The lowest BCUT2D eigenvalue weighted by Gasteiger charge is -2.38. The summed E-state index contributed by atoms with van der Waals surface area (Å²) in [4.78, 5) is 21.4. The van der Waals surface area contributed by atoms with Crippen LogP contribution in [0.25, 0.3) is 0 Å². The van der Waals surface area contributed by atoms with E-state index < -0.39 is 0 Å². The highest BCUT2D eigenvalue weighted by atomic mass is 127. The SMILES string of the molecule is CN=C(NCCCn1nc2n(c1=O)CCCC2)N1CCN(c2ccccc2Cl)CC1.I. The number of benzene rings is 1. The van der Waals surface area contributed by atoms with Gasteiger partial charge < -0.3 is 15.1 Å². The third-order valence-corrected chi connectivity index (χ3v) is 6.17. The number of hydrogen-bond donors (Lipinski definition) is 1. The van der Waals surface area contributed by atoms with Crippen molar-refractivity contribution in [3.8, 4) is 0 Å². The summed E-state index contributed by atoms with van der Waals surface area (Å²) in [6.07, 6.45) is 3.93. The van der Waals surface area contributed by atoms with E-state index in [9.17, 15) is 4.79 Å². The number of nitrogens with zero attached hydrogens (tertiary/aromatic N) is 6. The van der Waals surface area contributed by atoms with Gasteiger partial charge in [-0.2, -0.15) is 5.10 Å². The molecule has 4 rings (SSSR count). The maximum Gasteiger partial charge on any atom is 0.345 e. The summed E-state index contributed by atoms with van der Waals surface area (Å²) in [5.74, 6) is 1.84. The van der Waals surface area contributed by atoms with E-state index in [0.29, 0.717) is 6.54 Å². The Morgan fingerprint density at radius 1 is 1.16 bits per heavy atom. The standard InChI is InChI=1S/C21H30ClN7O.HI/c1-23-20(27-15-13-26(14-16-27)18-8-3-2-7-17(18)22)24-10-6-12-29-21(30)28-11-5-4-9-19(28)25-29;/h2-3,7-8H,4-6,9-16H2,1H3,(H,23,24);1H. The molecule has 1 saturated heterocycles. The Labute approximate surface area is 205 Å². The number of halogens is 2. The lowest BCUT2D eigenvalue weighted by molar-refractivity contribution is 0.371. The summed E-state index contributed by atoms with van der Waals surface area (Å²) in [5.41, 5.74) is 1.12. The fourth-order valence-corrected chi connectivity index (χ4v) is 4.48. The van der Waals surface area contributed by atoms with Crippen LogP contribution in [0, 0.1) is 0 Å². The fourth-order valence-electron chi connectivity index (χ4n) is 4.22. The van der Waals surface area contributed by atoms with Gasteiger partial charge in [-0.25, -0.2) is 9.48 Å². The van der Waals surface area contributed by atoms with Gasteiger partial charge in [-0.05, 0) is 31.4 Å². The Morgan fingerprint density at radius 2 is 1.94 bits per heavy atom. The molecule has 0 unspecified atom stereocenters. The van der Waals surface area contributed by atoms with Crippen molar-refractivity contribution in [2.45, 2.75) is 38.8 Å². The minimum Gasteiger partial charge on any atom is -0.367 e. The number of fused-ring (bicyclic) bond motifs is 1. The molecule has 0 radical (unpaired) electrons. The fraction of sp³-hybridized carbons (Fsp3) is 0.571. The van der Waals surface area contributed by atoms with Gasteiger partial charge in [-0.1, -0.05) is 23.7 Å². The van der Waals surface area contributed by atoms with Gasteiger partial charge in [-0.3, -0.25) is 9.56 Å². The van der Waals surface area contributed by atoms with Crippen molar-refractivity contribution in [3.05, 3.63) is 45.6 Å². The van der Waals surface area contributed by atoms with Gasteiger partial charge in [0.25, 0.3) is 0 Å². The third-order valence-electron chi connectivity index (χ3n) is 5.85. The highest BCUT2D eigenvalue weighted by molar-refractivity contribution is 14.0. The number of para-hydroxylation sites is 1. The average Bonchev–Trinajstić information content (AvgIpc) is 3.10. The molecule has 2 aliphatic rings. The second-order valence-corrected chi connectivity index (χ2v) is 8.19. The topological polar surface area (TPSA) is 70.7 Å². The molecule has 0 amide bonds. The molecule has 1 aromatic heterocycles. The molecule has 2 aromatic rings. The molecule has 1 fully saturated rings. The molecule has 2 aliphatic heterocycles. The number of guanidine groups is 1. The van der Waals surface area contributed by atoms with Gasteiger partial charge in [0, 0.05) is 59.3 Å². The molecule has 0 bridgehead atoms. The van der Waals surface area contributed by atoms with Crippen molar-refractivity contribution in [2.75, 3.05) is 44.7 Å². The van der Waals surface area contributed by atoms with Crippen LogP contribution in [0.4, 0.5) is 5.69 Å². The van der Waals surface area contributed by atoms with Crippen LogP contribution in [0.1, 0.15) is 25.1 Å². The van der Waals surface area contributed by atoms with Gasteiger partial charge in [0.15, 0.2) is 5.96 Å². The molecule has 0 aliphatic carbocycles. The molecule has 0 atom stereocenters. The van der Waals surface area contributed by atoms with Crippen LogP contribution in [0.2, 0.25) is 5.02 Å². The smallest absolute Gasteiger partial charge is 0.345 e. The van der Waals surface area contributed by atoms with Crippen molar-refractivity contribution >= 4 is 47.2 Å². The first-order valence-corrected chi connectivity index (χ1v) is 11.2. The zero-order valence-electron chi connectivity index (χ0n) is 18.0.